The Bertz CT molecular complexity index is 720. The molecule has 32 heavy (non-hydrogen) atoms. The lowest BCUT2D eigenvalue weighted by Gasteiger charge is -2.37. The van der Waals surface area contributed by atoms with E-state index in [-0.39, 0.29) is 36.8 Å². The summed E-state index contributed by atoms with van der Waals surface area (Å²) in [7, 11) is 0. The van der Waals surface area contributed by atoms with Crippen molar-refractivity contribution in [3.63, 3.8) is 0 Å². The summed E-state index contributed by atoms with van der Waals surface area (Å²) < 4.78 is 27.1. The predicted octanol–water partition coefficient (Wildman–Crippen LogP) is 3.75. The van der Waals surface area contributed by atoms with Gasteiger partial charge in [-0.05, 0) is 76.1 Å². The fraction of sp³-hybridized carbons (Fsp3) is 0.696. The summed E-state index contributed by atoms with van der Waals surface area (Å²) in [5.41, 5.74) is 0.504. The van der Waals surface area contributed by atoms with Crippen LogP contribution in [-0.4, -0.2) is 62.2 Å². The van der Waals surface area contributed by atoms with Gasteiger partial charge in [-0.2, -0.15) is 0 Å². The molecule has 3 fully saturated rings. The van der Waals surface area contributed by atoms with Crippen molar-refractivity contribution in [2.24, 2.45) is 5.92 Å². The Labute approximate surface area is 202 Å². The normalized spacial score (nSPS) is 26.2. The SMILES string of the molecule is Cl.Cl.O=C(NC1CCC(CCN2CCN(c3ccc(F)cc3F)CC2)CC1)[C@@H]1CCCN1. The highest BCUT2D eigenvalue weighted by atomic mass is 35.5. The van der Waals surface area contributed by atoms with Crippen molar-refractivity contribution in [3.8, 4) is 0 Å². The van der Waals surface area contributed by atoms with E-state index in [4.69, 9.17) is 0 Å². The average molecular weight is 493 g/mol. The van der Waals surface area contributed by atoms with Crippen LogP contribution >= 0.6 is 24.8 Å². The van der Waals surface area contributed by atoms with Crippen molar-refractivity contribution in [1.29, 1.82) is 0 Å². The van der Waals surface area contributed by atoms with Gasteiger partial charge >= 0.3 is 0 Å². The summed E-state index contributed by atoms with van der Waals surface area (Å²) in [4.78, 5) is 16.7. The van der Waals surface area contributed by atoms with Crippen molar-refractivity contribution in [2.45, 2.75) is 57.0 Å². The highest BCUT2D eigenvalue weighted by molar-refractivity contribution is 5.85. The number of hydrogen-bond acceptors (Lipinski definition) is 4. The number of anilines is 1. The second-order valence-corrected chi connectivity index (χ2v) is 9.09. The van der Waals surface area contributed by atoms with Crippen LogP contribution in [0.5, 0.6) is 0 Å². The van der Waals surface area contributed by atoms with Crippen LogP contribution in [-0.2, 0) is 4.79 Å². The number of amides is 1. The van der Waals surface area contributed by atoms with Gasteiger partial charge in [0.15, 0.2) is 0 Å². The fourth-order valence-corrected chi connectivity index (χ4v) is 5.12. The molecule has 1 aliphatic carbocycles. The number of rotatable bonds is 6. The zero-order valence-corrected chi connectivity index (χ0v) is 20.2. The molecule has 2 heterocycles. The number of hydrogen-bond donors (Lipinski definition) is 2. The summed E-state index contributed by atoms with van der Waals surface area (Å²) in [6, 6.07) is 4.19. The van der Waals surface area contributed by atoms with E-state index in [0.29, 0.717) is 11.7 Å². The van der Waals surface area contributed by atoms with Gasteiger partial charge in [-0.25, -0.2) is 8.78 Å². The van der Waals surface area contributed by atoms with Crippen LogP contribution in [0.2, 0.25) is 0 Å². The molecule has 2 saturated heterocycles. The largest absolute Gasteiger partial charge is 0.367 e. The second kappa shape index (κ2) is 12.9. The minimum Gasteiger partial charge on any atom is -0.367 e. The Morgan fingerprint density at radius 3 is 2.38 bits per heavy atom. The van der Waals surface area contributed by atoms with Gasteiger partial charge in [-0.15, -0.1) is 24.8 Å². The molecule has 9 heteroatoms. The highest BCUT2D eigenvalue weighted by Crippen LogP contribution is 2.28. The number of nitrogens with one attached hydrogen (secondary N) is 2. The first-order valence-electron chi connectivity index (χ1n) is 11.5. The van der Waals surface area contributed by atoms with Crippen molar-refractivity contribution in [1.82, 2.24) is 15.5 Å². The maximum absolute atomic E-state index is 14.0. The standard InChI is InChI=1S/C23H34F2N4O.2ClH/c24-18-5-8-22(20(25)16-18)29-14-12-28(13-15-29)11-9-17-3-6-19(7-4-17)27-23(30)21-2-1-10-26-21;;/h5,8,16-17,19,21,26H,1-4,6-7,9-15H2,(H,27,30);2*1H/t17?,19?,21-;;/m0../s1. The van der Waals surface area contributed by atoms with Crippen LogP contribution in [0.15, 0.2) is 18.2 Å². The maximum Gasteiger partial charge on any atom is 0.237 e. The van der Waals surface area contributed by atoms with Crippen LogP contribution in [0.4, 0.5) is 14.5 Å². The fourth-order valence-electron chi connectivity index (χ4n) is 5.12. The molecular weight excluding hydrogens is 457 g/mol. The molecule has 0 unspecified atom stereocenters. The maximum atomic E-state index is 14.0. The van der Waals surface area contributed by atoms with Gasteiger partial charge in [-0.1, -0.05) is 0 Å². The smallest absolute Gasteiger partial charge is 0.237 e. The number of benzene rings is 1. The molecular formula is C23H36Cl2F2N4O. The number of halogens is 4. The zero-order chi connectivity index (χ0) is 20.9. The third-order valence-electron chi connectivity index (χ3n) is 7.05. The van der Waals surface area contributed by atoms with E-state index in [0.717, 1.165) is 76.9 Å². The molecule has 1 aromatic carbocycles. The Morgan fingerprint density at radius 2 is 1.75 bits per heavy atom. The van der Waals surface area contributed by atoms with Crippen LogP contribution in [0.1, 0.15) is 44.9 Å². The summed E-state index contributed by atoms with van der Waals surface area (Å²) in [5, 5.41) is 6.52. The molecule has 0 aromatic heterocycles. The van der Waals surface area contributed by atoms with Gasteiger partial charge < -0.3 is 15.5 Å². The van der Waals surface area contributed by atoms with Crippen molar-refractivity contribution < 1.29 is 13.6 Å². The Hall–Kier alpha value is -1.15. The van der Waals surface area contributed by atoms with E-state index in [1.807, 2.05) is 4.90 Å². The summed E-state index contributed by atoms with van der Waals surface area (Å²) in [5.74, 6) is -0.0860. The lowest BCUT2D eigenvalue weighted by atomic mass is 9.84. The van der Waals surface area contributed by atoms with Gasteiger partial charge in [0.2, 0.25) is 5.91 Å². The summed E-state index contributed by atoms with van der Waals surface area (Å²) >= 11 is 0. The molecule has 5 nitrogen and oxygen atoms in total. The molecule has 1 saturated carbocycles. The highest BCUT2D eigenvalue weighted by Gasteiger charge is 2.27. The molecule has 0 radical (unpaired) electrons. The molecule has 1 amide bonds. The first kappa shape index (κ1) is 27.1. The number of piperazine rings is 1. The number of carbonyl (C=O) groups excluding carboxylic acids is 1. The Kier molecular flexibility index (Phi) is 10.9. The van der Waals surface area contributed by atoms with Gasteiger partial charge in [0, 0.05) is 38.3 Å². The van der Waals surface area contributed by atoms with Crippen LogP contribution < -0.4 is 15.5 Å². The molecule has 0 bridgehead atoms. The average Bonchev–Trinajstić information content (AvgIpc) is 3.29. The molecule has 2 aliphatic heterocycles. The lowest BCUT2D eigenvalue weighted by Crippen LogP contribution is -2.47. The minimum absolute atomic E-state index is 0. The molecule has 2 N–H and O–H groups in total. The predicted molar refractivity (Wildman–Crippen MR) is 129 cm³/mol. The van der Waals surface area contributed by atoms with Gasteiger partial charge in [0.05, 0.1) is 11.7 Å². The Morgan fingerprint density at radius 1 is 1.03 bits per heavy atom. The zero-order valence-electron chi connectivity index (χ0n) is 18.5. The van der Waals surface area contributed by atoms with Gasteiger partial charge in [0.1, 0.15) is 11.6 Å². The topological polar surface area (TPSA) is 47.6 Å². The third kappa shape index (κ3) is 7.17. The molecule has 1 aromatic rings. The second-order valence-electron chi connectivity index (χ2n) is 9.09. The van der Waals surface area contributed by atoms with Gasteiger partial charge in [-0.3, -0.25) is 9.69 Å². The lowest BCUT2D eigenvalue weighted by molar-refractivity contribution is -0.123. The van der Waals surface area contributed by atoms with Crippen LogP contribution in [0, 0.1) is 17.6 Å². The van der Waals surface area contributed by atoms with Crippen molar-refractivity contribution >= 4 is 36.4 Å². The third-order valence-corrected chi connectivity index (χ3v) is 7.05. The van der Waals surface area contributed by atoms with E-state index >= 15 is 0 Å². The van der Waals surface area contributed by atoms with Gasteiger partial charge in [0.25, 0.3) is 0 Å². The van der Waals surface area contributed by atoms with Crippen LogP contribution in [0.3, 0.4) is 0 Å². The van der Waals surface area contributed by atoms with E-state index in [2.05, 4.69) is 15.5 Å². The molecule has 1 atom stereocenters. The molecule has 4 rings (SSSR count). The first-order chi connectivity index (χ1) is 14.6. The van der Waals surface area contributed by atoms with E-state index in [1.54, 1.807) is 6.07 Å². The molecule has 3 aliphatic rings. The van der Waals surface area contributed by atoms with E-state index in [9.17, 15) is 13.6 Å². The monoisotopic (exact) mass is 492 g/mol. The number of carbonyl (C=O) groups is 1. The summed E-state index contributed by atoms with van der Waals surface area (Å²) in [6.07, 6.45) is 7.78. The molecule has 182 valence electrons. The van der Waals surface area contributed by atoms with Crippen molar-refractivity contribution in [3.05, 3.63) is 29.8 Å². The first-order valence-corrected chi connectivity index (χ1v) is 11.5. The quantitative estimate of drug-likeness (QED) is 0.634. The molecule has 0 spiro atoms. The van der Waals surface area contributed by atoms with E-state index in [1.165, 1.54) is 25.3 Å². The summed E-state index contributed by atoms with van der Waals surface area (Å²) in [6.45, 7) is 5.41. The number of nitrogens with zero attached hydrogens (tertiary/aromatic N) is 2. The van der Waals surface area contributed by atoms with E-state index < -0.39 is 11.6 Å². The minimum atomic E-state index is -0.528. The van der Waals surface area contributed by atoms with Crippen molar-refractivity contribution in [2.75, 3.05) is 44.2 Å². The van der Waals surface area contributed by atoms with Crippen LogP contribution in [0.25, 0.3) is 0 Å². The Balaban J connectivity index is 0.00000181.